The average Bonchev–Trinajstić information content (AvgIpc) is 2.63. The van der Waals surface area contributed by atoms with Crippen molar-refractivity contribution < 1.29 is 9.16 Å². The van der Waals surface area contributed by atoms with E-state index in [9.17, 15) is 0 Å². The molecule has 126 valence electrons. The fourth-order valence-electron chi connectivity index (χ4n) is 2.81. The van der Waals surface area contributed by atoms with Gasteiger partial charge in [0.2, 0.25) is 0 Å². The fourth-order valence-corrected chi connectivity index (χ4v) is 6.14. The van der Waals surface area contributed by atoms with Gasteiger partial charge in [-0.1, -0.05) is 20.8 Å². The van der Waals surface area contributed by atoms with E-state index in [1.165, 1.54) is 19.8 Å². The molecule has 0 N–H and O–H groups in total. The molecule has 0 radical (unpaired) electrons. The fraction of sp³-hybridized carbons (Fsp3) is 0.765. The maximum atomic E-state index is 6.73. The van der Waals surface area contributed by atoms with Crippen LogP contribution in [0.3, 0.4) is 0 Å². The molecular weight excluding hydrogens is 376 g/mol. The predicted octanol–water partition coefficient (Wildman–Crippen LogP) is 6.02. The third-order valence-electron chi connectivity index (χ3n) is 5.16. The quantitative estimate of drug-likeness (QED) is 0.573. The van der Waals surface area contributed by atoms with Crippen molar-refractivity contribution in [1.82, 2.24) is 0 Å². The highest BCUT2D eigenvalue weighted by Gasteiger charge is 2.42. The highest BCUT2D eigenvalue weighted by atomic mass is 79.9. The van der Waals surface area contributed by atoms with Crippen LogP contribution in [-0.4, -0.2) is 27.6 Å². The maximum absolute atomic E-state index is 6.73. The van der Waals surface area contributed by atoms with E-state index < -0.39 is 8.32 Å². The summed E-state index contributed by atoms with van der Waals surface area (Å²) in [6.07, 6.45) is 1.23. The summed E-state index contributed by atoms with van der Waals surface area (Å²) in [5, 5.41) is 0.228. The molecule has 0 amide bonds. The van der Waals surface area contributed by atoms with Gasteiger partial charge in [0.1, 0.15) is 0 Å². The predicted molar refractivity (Wildman–Crippen MR) is 102 cm³/mol. The lowest BCUT2D eigenvalue weighted by atomic mass is 9.89. The molecule has 1 aromatic rings. The van der Waals surface area contributed by atoms with Crippen molar-refractivity contribution in [3.05, 3.63) is 19.8 Å². The van der Waals surface area contributed by atoms with Crippen LogP contribution in [0.25, 0.3) is 0 Å². The minimum atomic E-state index is -1.79. The molecule has 2 heterocycles. The summed E-state index contributed by atoms with van der Waals surface area (Å²) in [5.74, 6) is 0.446. The first-order valence-corrected chi connectivity index (χ1v) is 12.6. The van der Waals surface area contributed by atoms with Crippen molar-refractivity contribution in [2.75, 3.05) is 13.2 Å². The SMILES string of the molecule is Cc1sc(C)c(C2CCOCC2O[Si](C)(C)C(C)(C)C)c1Br. The van der Waals surface area contributed by atoms with Gasteiger partial charge in [0.25, 0.3) is 0 Å². The normalized spacial score (nSPS) is 23.8. The Morgan fingerprint density at radius 3 is 2.36 bits per heavy atom. The lowest BCUT2D eigenvalue weighted by molar-refractivity contribution is -0.0140. The first-order valence-electron chi connectivity index (χ1n) is 8.05. The van der Waals surface area contributed by atoms with Crippen LogP contribution in [0, 0.1) is 13.8 Å². The summed E-state index contributed by atoms with van der Waals surface area (Å²) < 4.78 is 13.8. The van der Waals surface area contributed by atoms with E-state index in [1.54, 1.807) is 0 Å². The Balaban J connectivity index is 2.30. The van der Waals surface area contributed by atoms with E-state index in [4.69, 9.17) is 9.16 Å². The lowest BCUT2D eigenvalue weighted by Gasteiger charge is -2.43. The minimum absolute atomic E-state index is 0.179. The number of thiophene rings is 1. The van der Waals surface area contributed by atoms with E-state index in [0.717, 1.165) is 19.6 Å². The van der Waals surface area contributed by atoms with E-state index >= 15 is 0 Å². The van der Waals surface area contributed by atoms with Gasteiger partial charge < -0.3 is 9.16 Å². The molecule has 1 saturated heterocycles. The molecule has 22 heavy (non-hydrogen) atoms. The van der Waals surface area contributed by atoms with Crippen molar-refractivity contribution in [2.24, 2.45) is 0 Å². The topological polar surface area (TPSA) is 18.5 Å². The molecule has 2 rings (SSSR count). The van der Waals surface area contributed by atoms with E-state index in [-0.39, 0.29) is 11.1 Å². The van der Waals surface area contributed by atoms with Gasteiger partial charge in [-0.3, -0.25) is 0 Å². The molecule has 2 nitrogen and oxygen atoms in total. The first kappa shape index (κ1) is 18.7. The molecule has 2 atom stereocenters. The minimum Gasteiger partial charge on any atom is -0.411 e. The zero-order valence-corrected chi connectivity index (χ0v) is 18.3. The van der Waals surface area contributed by atoms with Crippen LogP contribution < -0.4 is 0 Å². The average molecular weight is 405 g/mol. The molecule has 1 aliphatic heterocycles. The number of ether oxygens (including phenoxy) is 1. The summed E-state index contributed by atoms with van der Waals surface area (Å²) in [7, 11) is -1.79. The van der Waals surface area contributed by atoms with Crippen LogP contribution in [0.1, 0.15) is 48.4 Å². The monoisotopic (exact) mass is 404 g/mol. The summed E-state index contributed by atoms with van der Waals surface area (Å²) in [4.78, 5) is 2.78. The molecule has 5 heteroatoms. The van der Waals surface area contributed by atoms with Crippen LogP contribution in [-0.2, 0) is 9.16 Å². The maximum Gasteiger partial charge on any atom is 0.192 e. The van der Waals surface area contributed by atoms with Gasteiger partial charge in [-0.2, -0.15) is 0 Å². The second kappa shape index (κ2) is 6.67. The van der Waals surface area contributed by atoms with Gasteiger partial charge in [-0.25, -0.2) is 0 Å². The largest absolute Gasteiger partial charge is 0.411 e. The van der Waals surface area contributed by atoms with Crippen molar-refractivity contribution in [3.8, 4) is 0 Å². The Morgan fingerprint density at radius 2 is 1.86 bits per heavy atom. The highest BCUT2D eigenvalue weighted by Crippen LogP contribution is 2.44. The Kier molecular flexibility index (Phi) is 5.66. The first-order chi connectivity index (χ1) is 10.0. The second-order valence-corrected chi connectivity index (χ2v) is 14.8. The van der Waals surface area contributed by atoms with E-state index in [2.05, 4.69) is 63.6 Å². The second-order valence-electron chi connectivity index (χ2n) is 7.83. The van der Waals surface area contributed by atoms with Gasteiger partial charge in [0, 0.05) is 26.8 Å². The number of halogens is 1. The third-order valence-corrected chi connectivity index (χ3v) is 12.0. The molecule has 0 bridgehead atoms. The Bertz CT molecular complexity index is 533. The smallest absolute Gasteiger partial charge is 0.192 e. The zero-order valence-electron chi connectivity index (χ0n) is 14.9. The van der Waals surface area contributed by atoms with Gasteiger partial charge >= 0.3 is 0 Å². The van der Waals surface area contributed by atoms with Crippen molar-refractivity contribution >= 4 is 35.6 Å². The van der Waals surface area contributed by atoms with Crippen LogP contribution >= 0.6 is 27.3 Å². The zero-order chi connectivity index (χ0) is 16.7. The number of rotatable bonds is 3. The van der Waals surface area contributed by atoms with Gasteiger partial charge in [-0.15, -0.1) is 11.3 Å². The van der Waals surface area contributed by atoms with Crippen LogP contribution in [0.15, 0.2) is 4.47 Å². The number of aryl methyl sites for hydroxylation is 2. The van der Waals surface area contributed by atoms with E-state index in [1.807, 2.05) is 11.3 Å². The molecule has 0 aliphatic carbocycles. The van der Waals surface area contributed by atoms with Gasteiger partial charge in [0.05, 0.1) is 12.7 Å². The Morgan fingerprint density at radius 1 is 1.23 bits per heavy atom. The Hall–Kier alpha value is 0.317. The van der Waals surface area contributed by atoms with Gasteiger partial charge in [-0.05, 0) is 59.9 Å². The van der Waals surface area contributed by atoms with Gasteiger partial charge in [0.15, 0.2) is 8.32 Å². The lowest BCUT2D eigenvalue weighted by Crippen LogP contribution is -2.48. The molecular formula is C17H29BrO2SSi. The van der Waals surface area contributed by atoms with Crippen LogP contribution in [0.5, 0.6) is 0 Å². The van der Waals surface area contributed by atoms with Crippen molar-refractivity contribution in [3.63, 3.8) is 0 Å². The molecule has 0 aromatic carbocycles. The highest BCUT2D eigenvalue weighted by molar-refractivity contribution is 9.10. The number of hydrogen-bond donors (Lipinski definition) is 0. The Labute approximate surface area is 148 Å². The summed E-state index contributed by atoms with van der Waals surface area (Å²) in [6, 6.07) is 0. The standard InChI is InChI=1S/C17H29BrO2SSi/c1-11-15(16(18)12(2)21-11)13-8-9-19-10-14(13)20-22(6,7)17(3,4)5/h13-14H,8-10H2,1-7H3. The molecule has 1 aliphatic rings. The van der Waals surface area contributed by atoms with E-state index in [0.29, 0.717) is 5.92 Å². The van der Waals surface area contributed by atoms with Crippen LogP contribution in [0.4, 0.5) is 0 Å². The molecule has 0 spiro atoms. The third kappa shape index (κ3) is 3.69. The summed E-state index contributed by atoms with van der Waals surface area (Å²) in [6.45, 7) is 17.5. The van der Waals surface area contributed by atoms with Crippen molar-refractivity contribution in [2.45, 2.75) is 71.2 Å². The molecule has 0 saturated carbocycles. The molecule has 1 fully saturated rings. The summed E-state index contributed by atoms with van der Waals surface area (Å²) >= 11 is 5.69. The summed E-state index contributed by atoms with van der Waals surface area (Å²) in [5.41, 5.74) is 1.45. The molecule has 2 unspecified atom stereocenters. The van der Waals surface area contributed by atoms with Crippen LogP contribution in [0.2, 0.25) is 18.1 Å². The number of hydrogen-bond acceptors (Lipinski definition) is 3. The van der Waals surface area contributed by atoms with Crippen molar-refractivity contribution in [1.29, 1.82) is 0 Å². The molecule has 1 aromatic heterocycles.